The Morgan fingerprint density at radius 2 is 2.30 bits per heavy atom. The molecule has 1 rings (SSSR count). The van der Waals surface area contributed by atoms with Crippen LogP contribution in [0.25, 0.3) is 0 Å². The molecule has 4 N–H and O–H groups in total. The van der Waals surface area contributed by atoms with Crippen molar-refractivity contribution in [2.45, 2.75) is 6.42 Å². The summed E-state index contributed by atoms with van der Waals surface area (Å²) in [5.41, 5.74) is 5.32. The highest BCUT2D eigenvalue weighted by Gasteiger charge is 2.16. The van der Waals surface area contributed by atoms with Crippen LogP contribution in [-0.2, 0) is 4.74 Å². The summed E-state index contributed by atoms with van der Waals surface area (Å²) in [6, 6.07) is 2.75. The number of H-pyrrole nitrogens is 1. The Morgan fingerprint density at radius 3 is 2.90 bits per heavy atom. The molecule has 0 aliphatic carbocycles. The molecule has 0 spiro atoms. The third-order valence-corrected chi connectivity index (χ3v) is 2.64. The summed E-state index contributed by atoms with van der Waals surface area (Å²) in [7, 11) is 1.53. The van der Waals surface area contributed by atoms with Gasteiger partial charge in [0, 0.05) is 44.4 Å². The summed E-state index contributed by atoms with van der Waals surface area (Å²) in [6.07, 6.45) is 1.64. The second-order valence-corrected chi connectivity index (χ2v) is 4.07. The first-order chi connectivity index (χ1) is 9.58. The van der Waals surface area contributed by atoms with Crippen LogP contribution < -0.4 is 11.3 Å². The van der Waals surface area contributed by atoms with E-state index in [-0.39, 0.29) is 35.8 Å². The summed E-state index contributed by atoms with van der Waals surface area (Å²) in [6.45, 7) is 0.969. The third-order valence-electron chi connectivity index (χ3n) is 2.64. The topological polar surface area (TPSA) is 121 Å². The fraction of sp³-hybridized carbons (Fsp3) is 0.417. The molecule has 0 fully saturated rings. The van der Waals surface area contributed by atoms with Gasteiger partial charge in [0.2, 0.25) is 5.56 Å². The third kappa shape index (κ3) is 4.73. The quantitative estimate of drug-likeness (QED) is 0.272. The lowest BCUT2D eigenvalue weighted by molar-refractivity contribution is 0.0700. The van der Waals surface area contributed by atoms with Gasteiger partial charge in [0.25, 0.3) is 5.91 Å². The summed E-state index contributed by atoms with van der Waals surface area (Å²) in [4.78, 5) is 27.4. The number of nitrogens with two attached hydrogens (primary N) is 1. The monoisotopic (exact) mass is 282 g/mol. The molecule has 1 amide bonds. The first-order valence-electron chi connectivity index (χ1n) is 6.02. The number of amides is 1. The second-order valence-electron chi connectivity index (χ2n) is 4.07. The standard InChI is InChI=1S/C12H18N4O4/c1-20-7-6-16(5-3-10(13)15-19)12(18)9-2-4-14-11(17)8-9/h2,4,8,19H,3,5-7H2,1H3,(H2,13,15)(H,14,17). The molecular weight excluding hydrogens is 264 g/mol. The maximum atomic E-state index is 12.3. The number of carbonyl (C=O) groups excluding carboxylic acids is 1. The molecule has 0 bridgehead atoms. The molecule has 20 heavy (non-hydrogen) atoms. The lowest BCUT2D eigenvalue weighted by atomic mass is 10.2. The number of carbonyl (C=O) groups is 1. The zero-order valence-electron chi connectivity index (χ0n) is 11.2. The van der Waals surface area contributed by atoms with Crippen LogP contribution >= 0.6 is 0 Å². The zero-order chi connectivity index (χ0) is 15.0. The van der Waals surface area contributed by atoms with E-state index < -0.39 is 0 Å². The van der Waals surface area contributed by atoms with Crippen molar-refractivity contribution in [3.8, 4) is 0 Å². The number of aromatic nitrogens is 1. The van der Waals surface area contributed by atoms with Crippen molar-refractivity contribution in [3.05, 3.63) is 34.2 Å². The van der Waals surface area contributed by atoms with Crippen LogP contribution in [0.15, 0.2) is 28.3 Å². The maximum Gasteiger partial charge on any atom is 0.254 e. The fourth-order valence-corrected chi connectivity index (χ4v) is 1.58. The Morgan fingerprint density at radius 1 is 1.55 bits per heavy atom. The van der Waals surface area contributed by atoms with E-state index in [4.69, 9.17) is 15.7 Å². The smallest absolute Gasteiger partial charge is 0.254 e. The number of ether oxygens (including phenoxy) is 1. The van der Waals surface area contributed by atoms with Crippen molar-refractivity contribution in [3.63, 3.8) is 0 Å². The molecule has 1 aromatic rings. The van der Waals surface area contributed by atoms with E-state index in [2.05, 4.69) is 10.1 Å². The Balaban J connectivity index is 2.80. The van der Waals surface area contributed by atoms with E-state index in [0.29, 0.717) is 13.2 Å². The number of rotatable bonds is 7. The molecule has 1 heterocycles. The van der Waals surface area contributed by atoms with Crippen molar-refractivity contribution in [1.82, 2.24) is 9.88 Å². The molecule has 0 saturated carbocycles. The van der Waals surface area contributed by atoms with Crippen LogP contribution in [0, 0.1) is 0 Å². The van der Waals surface area contributed by atoms with Crippen molar-refractivity contribution >= 4 is 11.7 Å². The largest absolute Gasteiger partial charge is 0.409 e. The number of methoxy groups -OCH3 is 1. The van der Waals surface area contributed by atoms with E-state index in [9.17, 15) is 9.59 Å². The van der Waals surface area contributed by atoms with E-state index in [1.807, 2.05) is 0 Å². The van der Waals surface area contributed by atoms with Crippen LogP contribution in [0.4, 0.5) is 0 Å². The van der Waals surface area contributed by atoms with E-state index in [0.717, 1.165) is 0 Å². The van der Waals surface area contributed by atoms with Gasteiger partial charge in [-0.3, -0.25) is 9.59 Å². The van der Waals surface area contributed by atoms with Crippen LogP contribution in [0.1, 0.15) is 16.8 Å². The van der Waals surface area contributed by atoms with E-state index in [1.165, 1.54) is 30.3 Å². The SMILES string of the molecule is COCCN(CC/C(N)=N/O)C(=O)c1cc[nH]c(=O)c1. The first kappa shape index (κ1) is 15.7. The first-order valence-corrected chi connectivity index (χ1v) is 6.02. The number of oxime groups is 1. The van der Waals surface area contributed by atoms with Crippen LogP contribution in [0.3, 0.4) is 0 Å². The van der Waals surface area contributed by atoms with Gasteiger partial charge >= 0.3 is 0 Å². The Hall–Kier alpha value is -2.35. The minimum Gasteiger partial charge on any atom is -0.409 e. The minimum atomic E-state index is -0.348. The van der Waals surface area contributed by atoms with Gasteiger partial charge in [-0.25, -0.2) is 0 Å². The van der Waals surface area contributed by atoms with Crippen molar-refractivity contribution in [2.24, 2.45) is 10.9 Å². The minimum absolute atomic E-state index is 0.0334. The highest BCUT2D eigenvalue weighted by Crippen LogP contribution is 2.03. The molecule has 8 nitrogen and oxygen atoms in total. The van der Waals surface area contributed by atoms with Gasteiger partial charge in [-0.1, -0.05) is 5.16 Å². The maximum absolute atomic E-state index is 12.3. The van der Waals surface area contributed by atoms with Crippen LogP contribution in [0.5, 0.6) is 0 Å². The predicted molar refractivity (Wildman–Crippen MR) is 72.9 cm³/mol. The molecular formula is C12H18N4O4. The van der Waals surface area contributed by atoms with Gasteiger partial charge < -0.3 is 25.6 Å². The van der Waals surface area contributed by atoms with Crippen molar-refractivity contribution in [1.29, 1.82) is 0 Å². The number of nitrogens with one attached hydrogen (secondary N) is 1. The van der Waals surface area contributed by atoms with Gasteiger partial charge in [-0.2, -0.15) is 0 Å². The highest BCUT2D eigenvalue weighted by atomic mass is 16.5. The number of pyridine rings is 1. The van der Waals surface area contributed by atoms with Crippen LogP contribution in [-0.4, -0.2) is 53.6 Å². The van der Waals surface area contributed by atoms with Crippen molar-refractivity contribution < 1.29 is 14.7 Å². The summed E-state index contributed by atoms with van der Waals surface area (Å²) in [5, 5.41) is 11.4. The Kier molecular flexibility index (Phi) is 6.24. The molecule has 0 atom stereocenters. The molecule has 0 radical (unpaired) electrons. The molecule has 0 unspecified atom stereocenters. The van der Waals surface area contributed by atoms with Gasteiger partial charge in [0.15, 0.2) is 0 Å². The molecule has 1 aromatic heterocycles. The average Bonchev–Trinajstić information content (AvgIpc) is 2.46. The number of hydrogen-bond acceptors (Lipinski definition) is 5. The molecule has 0 aliphatic rings. The number of aromatic amines is 1. The van der Waals surface area contributed by atoms with E-state index >= 15 is 0 Å². The number of amidine groups is 1. The molecule has 0 saturated heterocycles. The lowest BCUT2D eigenvalue weighted by Gasteiger charge is -2.22. The second kappa shape index (κ2) is 7.95. The number of nitrogens with zero attached hydrogens (tertiary/aromatic N) is 2. The van der Waals surface area contributed by atoms with Gasteiger partial charge in [0.1, 0.15) is 5.84 Å². The number of hydrogen-bond donors (Lipinski definition) is 3. The van der Waals surface area contributed by atoms with Gasteiger partial charge in [-0.15, -0.1) is 0 Å². The van der Waals surface area contributed by atoms with Gasteiger partial charge in [0.05, 0.1) is 6.61 Å². The summed E-state index contributed by atoms with van der Waals surface area (Å²) < 4.78 is 4.94. The van der Waals surface area contributed by atoms with Crippen LogP contribution in [0.2, 0.25) is 0 Å². The van der Waals surface area contributed by atoms with Crippen molar-refractivity contribution in [2.75, 3.05) is 26.8 Å². The highest BCUT2D eigenvalue weighted by molar-refractivity contribution is 5.94. The van der Waals surface area contributed by atoms with Gasteiger partial charge in [-0.05, 0) is 6.07 Å². The molecule has 0 aromatic carbocycles. The molecule has 8 heteroatoms. The Bertz CT molecular complexity index is 526. The molecule has 110 valence electrons. The summed E-state index contributed by atoms with van der Waals surface area (Å²) in [5.74, 6) is -0.273. The zero-order valence-corrected chi connectivity index (χ0v) is 11.2. The summed E-state index contributed by atoms with van der Waals surface area (Å²) >= 11 is 0. The van der Waals surface area contributed by atoms with E-state index in [1.54, 1.807) is 0 Å². The molecule has 0 aliphatic heterocycles. The lowest BCUT2D eigenvalue weighted by Crippen LogP contribution is -2.37. The predicted octanol–water partition coefficient (Wildman–Crippen LogP) is -0.400. The Labute approximate surface area is 115 Å². The average molecular weight is 282 g/mol. The normalized spacial score (nSPS) is 11.3. The fourth-order valence-electron chi connectivity index (χ4n) is 1.58.